The standard InChI is InChI=1S/C33H28N2O2S/c1-22-12-13-23(2)30(20-22)35-33(37)31(25-9-4-3-5-10-25)38-29-18-16-28(17-19-29)34-32(36)27-15-14-24-8-6-7-11-26(24)21-27/h3-21,31H,1-2H3,(H,34,36)(H,35,37). The van der Waals surface area contributed by atoms with E-state index in [0.29, 0.717) is 11.3 Å². The average molecular weight is 517 g/mol. The minimum atomic E-state index is -0.436. The van der Waals surface area contributed by atoms with Gasteiger partial charge in [0, 0.05) is 21.8 Å². The molecule has 2 N–H and O–H groups in total. The van der Waals surface area contributed by atoms with Crippen molar-refractivity contribution in [1.82, 2.24) is 0 Å². The van der Waals surface area contributed by atoms with Gasteiger partial charge in [-0.1, -0.05) is 72.8 Å². The highest BCUT2D eigenvalue weighted by atomic mass is 32.2. The molecule has 0 spiro atoms. The van der Waals surface area contributed by atoms with E-state index in [2.05, 4.69) is 10.6 Å². The Labute approximate surface area is 227 Å². The van der Waals surface area contributed by atoms with Crippen molar-refractivity contribution < 1.29 is 9.59 Å². The number of aryl methyl sites for hydroxylation is 2. The van der Waals surface area contributed by atoms with Crippen LogP contribution in [0.2, 0.25) is 0 Å². The second-order valence-corrected chi connectivity index (χ2v) is 10.4. The lowest BCUT2D eigenvalue weighted by Crippen LogP contribution is -2.19. The largest absolute Gasteiger partial charge is 0.325 e. The third-order valence-electron chi connectivity index (χ3n) is 6.37. The molecule has 0 aliphatic carbocycles. The van der Waals surface area contributed by atoms with Crippen molar-refractivity contribution in [3.8, 4) is 0 Å². The van der Waals surface area contributed by atoms with Gasteiger partial charge in [-0.15, -0.1) is 11.8 Å². The van der Waals surface area contributed by atoms with Crippen molar-refractivity contribution in [1.29, 1.82) is 0 Å². The number of thioether (sulfide) groups is 1. The third-order valence-corrected chi connectivity index (χ3v) is 7.64. The fraction of sp³-hybridized carbons (Fsp3) is 0.0909. The lowest BCUT2D eigenvalue weighted by Gasteiger charge is -2.18. The monoisotopic (exact) mass is 516 g/mol. The van der Waals surface area contributed by atoms with Crippen LogP contribution in [-0.4, -0.2) is 11.8 Å². The van der Waals surface area contributed by atoms with Crippen LogP contribution < -0.4 is 10.6 Å². The van der Waals surface area contributed by atoms with Crippen molar-refractivity contribution in [2.45, 2.75) is 24.0 Å². The summed E-state index contributed by atoms with van der Waals surface area (Å²) in [4.78, 5) is 27.2. The van der Waals surface area contributed by atoms with Crippen LogP contribution in [0.1, 0.15) is 32.3 Å². The number of carbonyl (C=O) groups is 2. The first-order valence-corrected chi connectivity index (χ1v) is 13.3. The van der Waals surface area contributed by atoms with Crippen LogP contribution in [0.3, 0.4) is 0 Å². The first-order valence-electron chi connectivity index (χ1n) is 12.5. The van der Waals surface area contributed by atoms with E-state index < -0.39 is 5.25 Å². The summed E-state index contributed by atoms with van der Waals surface area (Å²) in [5.41, 5.74) is 5.17. The van der Waals surface area contributed by atoms with Crippen molar-refractivity contribution in [3.05, 3.63) is 138 Å². The van der Waals surface area contributed by atoms with Crippen LogP contribution in [0.4, 0.5) is 11.4 Å². The first-order chi connectivity index (χ1) is 18.5. The molecule has 1 atom stereocenters. The van der Waals surface area contributed by atoms with Gasteiger partial charge in [0.05, 0.1) is 0 Å². The van der Waals surface area contributed by atoms with Crippen LogP contribution in [0, 0.1) is 13.8 Å². The van der Waals surface area contributed by atoms with Crippen molar-refractivity contribution in [3.63, 3.8) is 0 Å². The average Bonchev–Trinajstić information content (AvgIpc) is 2.94. The highest BCUT2D eigenvalue weighted by Crippen LogP contribution is 2.37. The summed E-state index contributed by atoms with van der Waals surface area (Å²) >= 11 is 1.48. The van der Waals surface area contributed by atoms with Gasteiger partial charge in [0.2, 0.25) is 5.91 Å². The van der Waals surface area contributed by atoms with Crippen LogP contribution in [0.15, 0.2) is 120 Å². The molecular formula is C33H28N2O2S. The Kier molecular flexibility index (Phi) is 7.57. The number of rotatable bonds is 7. The Bertz CT molecular complexity index is 1600. The summed E-state index contributed by atoms with van der Waals surface area (Å²) < 4.78 is 0. The molecule has 188 valence electrons. The number of hydrogen-bond donors (Lipinski definition) is 2. The maximum absolute atomic E-state index is 13.5. The molecule has 0 aromatic heterocycles. The van der Waals surface area contributed by atoms with Crippen LogP contribution in [0.25, 0.3) is 10.8 Å². The molecule has 5 rings (SSSR count). The van der Waals surface area contributed by atoms with Gasteiger partial charge in [0.15, 0.2) is 0 Å². The molecule has 38 heavy (non-hydrogen) atoms. The number of anilines is 2. The summed E-state index contributed by atoms with van der Waals surface area (Å²) in [6.07, 6.45) is 0. The van der Waals surface area contributed by atoms with Gasteiger partial charge in [0.1, 0.15) is 5.25 Å². The maximum Gasteiger partial charge on any atom is 0.255 e. The van der Waals surface area contributed by atoms with E-state index in [0.717, 1.165) is 38.0 Å². The highest BCUT2D eigenvalue weighted by molar-refractivity contribution is 8.00. The smallest absolute Gasteiger partial charge is 0.255 e. The second kappa shape index (κ2) is 11.4. The summed E-state index contributed by atoms with van der Waals surface area (Å²) in [7, 11) is 0. The first kappa shape index (κ1) is 25.3. The van der Waals surface area contributed by atoms with Crippen LogP contribution in [-0.2, 0) is 4.79 Å². The molecule has 1 unspecified atom stereocenters. The van der Waals surface area contributed by atoms with E-state index >= 15 is 0 Å². The molecule has 0 fully saturated rings. The molecule has 4 nitrogen and oxygen atoms in total. The topological polar surface area (TPSA) is 58.2 Å². The third kappa shape index (κ3) is 5.96. The second-order valence-electron chi connectivity index (χ2n) is 9.26. The van der Waals surface area contributed by atoms with Crippen molar-refractivity contribution in [2.24, 2.45) is 0 Å². The molecule has 5 aromatic rings. The Balaban J connectivity index is 1.31. The number of hydrogen-bond acceptors (Lipinski definition) is 3. The van der Waals surface area contributed by atoms with E-state index in [9.17, 15) is 9.59 Å². The van der Waals surface area contributed by atoms with Crippen molar-refractivity contribution >= 4 is 45.7 Å². The lowest BCUT2D eigenvalue weighted by atomic mass is 10.1. The summed E-state index contributed by atoms with van der Waals surface area (Å²) in [5.74, 6) is -0.241. The van der Waals surface area contributed by atoms with Crippen LogP contribution in [0.5, 0.6) is 0 Å². The summed E-state index contributed by atoms with van der Waals surface area (Å²) in [6, 6.07) is 37.1. The molecule has 5 aromatic carbocycles. The molecule has 0 saturated carbocycles. The molecule has 0 bridgehead atoms. The van der Waals surface area contributed by atoms with Gasteiger partial charge in [-0.05, 0) is 83.8 Å². The normalized spacial score (nSPS) is 11.6. The van der Waals surface area contributed by atoms with Gasteiger partial charge in [0.25, 0.3) is 5.91 Å². The van der Waals surface area contributed by atoms with Crippen LogP contribution >= 0.6 is 11.8 Å². The molecule has 0 saturated heterocycles. The quantitative estimate of drug-likeness (QED) is 0.214. The molecular weight excluding hydrogens is 488 g/mol. The predicted molar refractivity (Wildman–Crippen MR) is 158 cm³/mol. The molecule has 2 amide bonds. The molecule has 0 radical (unpaired) electrons. The fourth-order valence-corrected chi connectivity index (χ4v) is 5.28. The van der Waals surface area contributed by atoms with E-state index in [1.807, 2.05) is 129 Å². The maximum atomic E-state index is 13.5. The highest BCUT2D eigenvalue weighted by Gasteiger charge is 2.23. The molecule has 5 heteroatoms. The Morgan fingerprint density at radius 3 is 2.16 bits per heavy atom. The number of fused-ring (bicyclic) bond motifs is 1. The molecule has 0 aliphatic rings. The minimum absolute atomic E-state index is 0.0800. The summed E-state index contributed by atoms with van der Waals surface area (Å²) in [5, 5.41) is 7.78. The zero-order chi connectivity index (χ0) is 26.5. The van der Waals surface area contributed by atoms with Gasteiger partial charge < -0.3 is 10.6 Å². The van der Waals surface area contributed by atoms with Gasteiger partial charge >= 0.3 is 0 Å². The van der Waals surface area contributed by atoms with Gasteiger partial charge in [-0.2, -0.15) is 0 Å². The van der Waals surface area contributed by atoms with Gasteiger partial charge in [-0.25, -0.2) is 0 Å². The Morgan fingerprint density at radius 1 is 0.684 bits per heavy atom. The van der Waals surface area contributed by atoms with E-state index in [4.69, 9.17) is 0 Å². The van der Waals surface area contributed by atoms with E-state index in [1.165, 1.54) is 11.8 Å². The van der Waals surface area contributed by atoms with E-state index in [-0.39, 0.29) is 11.8 Å². The predicted octanol–water partition coefficient (Wildman–Crippen LogP) is 8.18. The van der Waals surface area contributed by atoms with Gasteiger partial charge in [-0.3, -0.25) is 9.59 Å². The zero-order valence-electron chi connectivity index (χ0n) is 21.3. The van der Waals surface area contributed by atoms with Crippen molar-refractivity contribution in [2.75, 3.05) is 10.6 Å². The Morgan fingerprint density at radius 2 is 1.39 bits per heavy atom. The van der Waals surface area contributed by atoms with E-state index in [1.54, 1.807) is 0 Å². The molecule has 0 heterocycles. The number of benzene rings is 5. The lowest BCUT2D eigenvalue weighted by molar-refractivity contribution is -0.115. The number of nitrogens with one attached hydrogen (secondary N) is 2. The summed E-state index contributed by atoms with van der Waals surface area (Å²) in [6.45, 7) is 4.00. The Hall–Kier alpha value is -4.35. The number of carbonyl (C=O) groups excluding carboxylic acids is 2. The zero-order valence-corrected chi connectivity index (χ0v) is 22.1. The minimum Gasteiger partial charge on any atom is -0.325 e. The molecule has 0 aliphatic heterocycles. The fourth-order valence-electron chi connectivity index (χ4n) is 4.26. The SMILES string of the molecule is Cc1ccc(C)c(NC(=O)C(Sc2ccc(NC(=O)c3ccc4ccccc4c3)cc2)c2ccccc2)c1. The number of amides is 2.